The summed E-state index contributed by atoms with van der Waals surface area (Å²) in [5.41, 5.74) is 6.94. The van der Waals surface area contributed by atoms with Crippen molar-refractivity contribution in [2.45, 2.75) is 11.4 Å². The molecule has 0 bridgehead atoms. The van der Waals surface area contributed by atoms with Crippen LogP contribution in [0.2, 0.25) is 0 Å². The molecule has 6 heteroatoms. The van der Waals surface area contributed by atoms with E-state index in [9.17, 15) is 12.8 Å². The normalized spacial score (nSPS) is 11.5. The average Bonchev–Trinajstić information content (AvgIpc) is 2.38. The van der Waals surface area contributed by atoms with Gasteiger partial charge in [-0.2, -0.15) is 0 Å². The van der Waals surface area contributed by atoms with Crippen molar-refractivity contribution in [2.24, 2.45) is 10.9 Å². The van der Waals surface area contributed by atoms with Crippen LogP contribution in [0.25, 0.3) is 11.1 Å². The Bertz CT molecular complexity index is 714. The van der Waals surface area contributed by atoms with Crippen LogP contribution >= 0.6 is 0 Å². The number of sulfonamides is 1. The van der Waals surface area contributed by atoms with E-state index in [2.05, 4.69) is 0 Å². The molecule has 19 heavy (non-hydrogen) atoms. The summed E-state index contributed by atoms with van der Waals surface area (Å²) in [5.74, 6) is -0.416. The smallest absolute Gasteiger partial charge is 0.238 e. The van der Waals surface area contributed by atoms with Crippen molar-refractivity contribution in [1.82, 2.24) is 0 Å². The fraction of sp³-hybridized carbons (Fsp3) is 0.0769. The molecule has 0 spiro atoms. The maximum atomic E-state index is 13.6. The van der Waals surface area contributed by atoms with E-state index in [-0.39, 0.29) is 11.4 Å². The Labute approximate surface area is 110 Å². The second-order valence-electron chi connectivity index (χ2n) is 4.08. The Balaban J connectivity index is 2.51. The van der Waals surface area contributed by atoms with Crippen LogP contribution < -0.4 is 10.9 Å². The monoisotopic (exact) mass is 280 g/mol. The summed E-state index contributed by atoms with van der Waals surface area (Å²) in [5, 5.41) is 5.06. The van der Waals surface area contributed by atoms with E-state index in [4.69, 9.17) is 10.9 Å². The number of halogens is 1. The molecule has 0 atom stereocenters. The second kappa shape index (κ2) is 5.08. The minimum atomic E-state index is -3.77. The van der Waals surface area contributed by atoms with Crippen molar-refractivity contribution in [1.29, 1.82) is 0 Å². The van der Waals surface area contributed by atoms with Crippen LogP contribution in [-0.4, -0.2) is 8.42 Å². The van der Waals surface area contributed by atoms with Crippen molar-refractivity contribution in [2.75, 3.05) is 0 Å². The van der Waals surface area contributed by atoms with E-state index in [0.717, 1.165) is 0 Å². The zero-order chi connectivity index (χ0) is 14.0. The van der Waals surface area contributed by atoms with Gasteiger partial charge in [0.05, 0.1) is 4.90 Å². The molecule has 0 aliphatic heterocycles. The zero-order valence-electron chi connectivity index (χ0n) is 10.0. The van der Waals surface area contributed by atoms with Crippen molar-refractivity contribution < 1.29 is 12.8 Å². The maximum absolute atomic E-state index is 13.6. The number of rotatable bonds is 3. The van der Waals surface area contributed by atoms with Crippen LogP contribution in [0.15, 0.2) is 47.4 Å². The first-order chi connectivity index (χ1) is 8.91. The molecular formula is C13H13FN2O2S. The summed E-state index contributed by atoms with van der Waals surface area (Å²) in [6.45, 7) is 0.114. The molecule has 0 aliphatic rings. The number of benzene rings is 2. The molecule has 2 rings (SSSR count). The lowest BCUT2D eigenvalue weighted by Crippen LogP contribution is -2.11. The lowest BCUT2D eigenvalue weighted by molar-refractivity contribution is 0.598. The van der Waals surface area contributed by atoms with Gasteiger partial charge in [0.2, 0.25) is 10.0 Å². The van der Waals surface area contributed by atoms with Crippen molar-refractivity contribution in [3.63, 3.8) is 0 Å². The number of hydrogen-bond donors (Lipinski definition) is 2. The SMILES string of the molecule is NCc1ccc(-c2cccc(S(N)(=O)=O)c2)cc1F. The molecule has 4 N–H and O–H groups in total. The topological polar surface area (TPSA) is 86.2 Å². The third-order valence-electron chi connectivity index (χ3n) is 2.77. The summed E-state index contributed by atoms with van der Waals surface area (Å²) in [6, 6.07) is 10.6. The Kier molecular flexibility index (Phi) is 3.66. The van der Waals surface area contributed by atoms with Gasteiger partial charge in [0.15, 0.2) is 0 Å². The summed E-state index contributed by atoms with van der Waals surface area (Å²) in [4.78, 5) is -0.00619. The van der Waals surface area contributed by atoms with Crippen molar-refractivity contribution in [3.8, 4) is 11.1 Å². The average molecular weight is 280 g/mol. The number of hydrogen-bond acceptors (Lipinski definition) is 3. The molecule has 0 fully saturated rings. The number of primary sulfonamides is 1. The Morgan fingerprint density at radius 1 is 1.05 bits per heavy atom. The second-order valence-corrected chi connectivity index (χ2v) is 5.64. The van der Waals surface area contributed by atoms with E-state index in [0.29, 0.717) is 16.7 Å². The van der Waals surface area contributed by atoms with Crippen LogP contribution in [0.4, 0.5) is 4.39 Å². The van der Waals surface area contributed by atoms with Gasteiger partial charge in [-0.15, -0.1) is 0 Å². The maximum Gasteiger partial charge on any atom is 0.238 e. The molecule has 0 saturated heterocycles. The van der Waals surface area contributed by atoms with E-state index >= 15 is 0 Å². The van der Waals surface area contributed by atoms with Crippen LogP contribution in [0, 0.1) is 5.82 Å². The minimum absolute atomic E-state index is 0.00619. The van der Waals surface area contributed by atoms with Gasteiger partial charge in [-0.1, -0.05) is 24.3 Å². The van der Waals surface area contributed by atoms with Gasteiger partial charge < -0.3 is 5.73 Å². The lowest BCUT2D eigenvalue weighted by atomic mass is 10.0. The first-order valence-electron chi connectivity index (χ1n) is 5.53. The molecule has 0 aromatic heterocycles. The Hall–Kier alpha value is -1.76. The van der Waals surface area contributed by atoms with E-state index in [1.54, 1.807) is 24.3 Å². The van der Waals surface area contributed by atoms with Crippen LogP contribution in [-0.2, 0) is 16.6 Å². The summed E-state index contributed by atoms with van der Waals surface area (Å²) >= 11 is 0. The predicted octanol–water partition coefficient (Wildman–Crippen LogP) is 1.60. The molecule has 0 aliphatic carbocycles. The fourth-order valence-corrected chi connectivity index (χ4v) is 2.30. The van der Waals surface area contributed by atoms with E-state index in [1.165, 1.54) is 18.2 Å². The fourth-order valence-electron chi connectivity index (χ4n) is 1.75. The third-order valence-corrected chi connectivity index (χ3v) is 3.68. The number of nitrogens with two attached hydrogens (primary N) is 2. The molecule has 0 unspecified atom stereocenters. The largest absolute Gasteiger partial charge is 0.326 e. The molecule has 2 aromatic carbocycles. The molecule has 4 nitrogen and oxygen atoms in total. The van der Waals surface area contributed by atoms with Crippen LogP contribution in [0.5, 0.6) is 0 Å². The highest BCUT2D eigenvalue weighted by atomic mass is 32.2. The Morgan fingerprint density at radius 3 is 2.32 bits per heavy atom. The molecule has 0 saturated carbocycles. The van der Waals surface area contributed by atoms with Gasteiger partial charge in [0, 0.05) is 12.1 Å². The van der Waals surface area contributed by atoms with Gasteiger partial charge in [0.25, 0.3) is 0 Å². The third kappa shape index (κ3) is 2.98. The van der Waals surface area contributed by atoms with Gasteiger partial charge in [-0.05, 0) is 29.3 Å². The molecule has 100 valence electrons. The molecule has 0 heterocycles. The summed E-state index contributed by atoms with van der Waals surface area (Å²) in [7, 11) is -3.77. The highest BCUT2D eigenvalue weighted by Gasteiger charge is 2.10. The van der Waals surface area contributed by atoms with Crippen molar-refractivity contribution >= 4 is 10.0 Å². The standard InChI is InChI=1S/C13H13FN2O2S/c14-13-7-10(4-5-11(13)8-15)9-2-1-3-12(6-9)19(16,17)18/h1-7H,8,15H2,(H2,16,17,18). The van der Waals surface area contributed by atoms with E-state index in [1.807, 2.05) is 0 Å². The van der Waals surface area contributed by atoms with Gasteiger partial charge >= 0.3 is 0 Å². The van der Waals surface area contributed by atoms with Crippen LogP contribution in [0.3, 0.4) is 0 Å². The quantitative estimate of drug-likeness (QED) is 0.895. The first-order valence-corrected chi connectivity index (χ1v) is 7.08. The molecule has 0 amide bonds. The highest BCUT2D eigenvalue weighted by Crippen LogP contribution is 2.24. The summed E-state index contributed by atoms with van der Waals surface area (Å²) < 4.78 is 36.2. The predicted molar refractivity (Wildman–Crippen MR) is 71.1 cm³/mol. The Morgan fingerprint density at radius 2 is 1.74 bits per heavy atom. The minimum Gasteiger partial charge on any atom is -0.326 e. The van der Waals surface area contributed by atoms with Crippen molar-refractivity contribution in [3.05, 3.63) is 53.8 Å². The summed E-state index contributed by atoms with van der Waals surface area (Å²) in [6.07, 6.45) is 0. The van der Waals surface area contributed by atoms with Crippen LogP contribution in [0.1, 0.15) is 5.56 Å². The zero-order valence-corrected chi connectivity index (χ0v) is 10.8. The first kappa shape index (κ1) is 13.7. The van der Waals surface area contributed by atoms with Gasteiger partial charge in [-0.3, -0.25) is 0 Å². The molecule has 0 radical (unpaired) electrons. The van der Waals surface area contributed by atoms with Gasteiger partial charge in [-0.25, -0.2) is 17.9 Å². The highest BCUT2D eigenvalue weighted by molar-refractivity contribution is 7.89. The van der Waals surface area contributed by atoms with Gasteiger partial charge in [0.1, 0.15) is 5.82 Å². The molecule has 2 aromatic rings. The lowest BCUT2D eigenvalue weighted by Gasteiger charge is -2.06. The molecular weight excluding hydrogens is 267 g/mol. The van der Waals surface area contributed by atoms with E-state index < -0.39 is 15.8 Å².